The quantitative estimate of drug-likeness (QED) is 0.885. The highest BCUT2D eigenvalue weighted by molar-refractivity contribution is 5.94. The van der Waals surface area contributed by atoms with Gasteiger partial charge in [-0.25, -0.2) is 0 Å². The minimum atomic E-state index is -0.141. The summed E-state index contributed by atoms with van der Waals surface area (Å²) in [6.07, 6.45) is 2.06. The van der Waals surface area contributed by atoms with E-state index in [1.54, 1.807) is 12.1 Å². The fourth-order valence-corrected chi connectivity index (χ4v) is 3.20. The second-order valence-corrected chi connectivity index (χ2v) is 6.20. The third kappa shape index (κ3) is 4.33. The Bertz CT molecular complexity index is 549. The van der Waals surface area contributed by atoms with Crippen molar-refractivity contribution in [3.05, 3.63) is 35.9 Å². The van der Waals surface area contributed by atoms with E-state index in [-0.39, 0.29) is 18.1 Å². The Morgan fingerprint density at radius 3 is 2.42 bits per heavy atom. The molecule has 6 nitrogen and oxygen atoms in total. The standard InChI is InChI=1S/C18H24N2O4/c21-16(6-9-19-17(22)14-4-2-1-3-5-14)20-10-7-15(8-11-20)18-23-12-13-24-18/h1-5,15,18H,6-13H2,(H,19,22). The maximum absolute atomic E-state index is 12.3. The van der Waals surface area contributed by atoms with Crippen molar-refractivity contribution in [1.29, 1.82) is 0 Å². The molecule has 2 fully saturated rings. The number of nitrogens with one attached hydrogen (secondary N) is 1. The van der Waals surface area contributed by atoms with Gasteiger partial charge < -0.3 is 19.7 Å². The second kappa shape index (κ2) is 8.26. The highest BCUT2D eigenvalue weighted by Crippen LogP contribution is 2.25. The van der Waals surface area contributed by atoms with Gasteiger partial charge in [-0.15, -0.1) is 0 Å². The molecule has 2 aliphatic rings. The summed E-state index contributed by atoms with van der Waals surface area (Å²) in [5.74, 6) is 0.335. The van der Waals surface area contributed by atoms with Crippen LogP contribution in [-0.2, 0) is 14.3 Å². The number of likely N-dealkylation sites (tertiary alicyclic amines) is 1. The number of nitrogens with zero attached hydrogens (tertiary/aromatic N) is 1. The van der Waals surface area contributed by atoms with Crippen LogP contribution in [0.2, 0.25) is 0 Å². The summed E-state index contributed by atoms with van der Waals surface area (Å²) in [5, 5.41) is 2.80. The van der Waals surface area contributed by atoms with Crippen molar-refractivity contribution < 1.29 is 19.1 Å². The average Bonchev–Trinajstić information content (AvgIpc) is 3.17. The Hall–Kier alpha value is -1.92. The molecule has 0 aliphatic carbocycles. The first-order chi connectivity index (χ1) is 11.7. The van der Waals surface area contributed by atoms with Crippen LogP contribution in [0.15, 0.2) is 30.3 Å². The van der Waals surface area contributed by atoms with E-state index in [9.17, 15) is 9.59 Å². The van der Waals surface area contributed by atoms with Gasteiger partial charge in [0.05, 0.1) is 13.2 Å². The van der Waals surface area contributed by atoms with Crippen LogP contribution in [0.1, 0.15) is 29.6 Å². The topological polar surface area (TPSA) is 67.9 Å². The highest BCUT2D eigenvalue weighted by atomic mass is 16.7. The summed E-state index contributed by atoms with van der Waals surface area (Å²) in [6, 6.07) is 9.03. The van der Waals surface area contributed by atoms with Gasteiger partial charge in [-0.05, 0) is 25.0 Å². The van der Waals surface area contributed by atoms with Crippen LogP contribution in [-0.4, -0.2) is 55.9 Å². The van der Waals surface area contributed by atoms with Crippen molar-refractivity contribution in [2.75, 3.05) is 32.8 Å². The monoisotopic (exact) mass is 332 g/mol. The highest BCUT2D eigenvalue weighted by Gasteiger charge is 2.31. The molecule has 6 heteroatoms. The van der Waals surface area contributed by atoms with Crippen molar-refractivity contribution in [2.45, 2.75) is 25.6 Å². The number of benzene rings is 1. The molecule has 2 aliphatic heterocycles. The Morgan fingerprint density at radius 1 is 1.08 bits per heavy atom. The third-order valence-electron chi connectivity index (χ3n) is 4.59. The molecule has 0 spiro atoms. The van der Waals surface area contributed by atoms with E-state index < -0.39 is 0 Å². The molecule has 1 aromatic carbocycles. The van der Waals surface area contributed by atoms with Crippen LogP contribution < -0.4 is 5.32 Å². The maximum Gasteiger partial charge on any atom is 0.251 e. The molecule has 2 saturated heterocycles. The predicted molar refractivity (Wildman–Crippen MR) is 88.4 cm³/mol. The Kier molecular flexibility index (Phi) is 5.82. The van der Waals surface area contributed by atoms with Crippen LogP contribution >= 0.6 is 0 Å². The van der Waals surface area contributed by atoms with E-state index in [2.05, 4.69) is 5.32 Å². The maximum atomic E-state index is 12.3. The molecule has 0 aromatic heterocycles. The Labute approximate surface area is 142 Å². The molecule has 0 atom stereocenters. The summed E-state index contributed by atoms with van der Waals surface area (Å²) >= 11 is 0. The van der Waals surface area contributed by atoms with Gasteiger partial charge in [-0.1, -0.05) is 18.2 Å². The molecule has 3 rings (SSSR count). The number of ether oxygens (including phenoxy) is 2. The van der Waals surface area contributed by atoms with Gasteiger partial charge in [0.2, 0.25) is 5.91 Å². The first-order valence-electron chi connectivity index (χ1n) is 8.58. The Morgan fingerprint density at radius 2 is 1.75 bits per heavy atom. The van der Waals surface area contributed by atoms with E-state index in [0.717, 1.165) is 25.9 Å². The molecule has 1 aromatic rings. The van der Waals surface area contributed by atoms with Gasteiger partial charge in [-0.3, -0.25) is 9.59 Å². The molecule has 2 heterocycles. The van der Waals surface area contributed by atoms with E-state index >= 15 is 0 Å². The summed E-state index contributed by atoms with van der Waals surface area (Å²) in [7, 11) is 0. The minimum Gasteiger partial charge on any atom is -0.352 e. The zero-order valence-electron chi connectivity index (χ0n) is 13.8. The van der Waals surface area contributed by atoms with Crippen LogP contribution in [0.4, 0.5) is 0 Å². The average molecular weight is 332 g/mol. The fraction of sp³-hybridized carbons (Fsp3) is 0.556. The normalized spacial score (nSPS) is 19.4. The van der Waals surface area contributed by atoms with Crippen molar-refractivity contribution in [3.8, 4) is 0 Å². The molecule has 24 heavy (non-hydrogen) atoms. The molecular formula is C18H24N2O4. The molecular weight excluding hydrogens is 308 g/mol. The lowest BCUT2D eigenvalue weighted by Crippen LogP contribution is -2.42. The summed E-state index contributed by atoms with van der Waals surface area (Å²) in [4.78, 5) is 26.1. The lowest BCUT2D eigenvalue weighted by atomic mass is 9.96. The van der Waals surface area contributed by atoms with E-state index in [0.29, 0.717) is 37.7 Å². The van der Waals surface area contributed by atoms with Gasteiger partial charge in [0.1, 0.15) is 0 Å². The first-order valence-corrected chi connectivity index (χ1v) is 8.58. The number of hydrogen-bond acceptors (Lipinski definition) is 4. The van der Waals surface area contributed by atoms with Crippen molar-refractivity contribution in [3.63, 3.8) is 0 Å². The largest absolute Gasteiger partial charge is 0.352 e. The van der Waals surface area contributed by atoms with Gasteiger partial charge in [0.15, 0.2) is 6.29 Å². The number of hydrogen-bond donors (Lipinski definition) is 1. The van der Waals surface area contributed by atoms with Crippen molar-refractivity contribution >= 4 is 11.8 Å². The van der Waals surface area contributed by atoms with Crippen LogP contribution in [0, 0.1) is 5.92 Å². The number of amides is 2. The molecule has 2 amide bonds. The summed E-state index contributed by atoms with van der Waals surface area (Å²) in [5.41, 5.74) is 0.613. The van der Waals surface area contributed by atoms with Gasteiger partial charge >= 0.3 is 0 Å². The SMILES string of the molecule is O=C(NCCC(=O)N1CCC(C2OCCO2)CC1)c1ccccc1. The van der Waals surface area contributed by atoms with Crippen LogP contribution in [0.25, 0.3) is 0 Å². The molecule has 0 unspecified atom stereocenters. The van der Waals surface area contributed by atoms with Gasteiger partial charge in [0.25, 0.3) is 5.91 Å². The number of rotatable bonds is 5. The summed E-state index contributed by atoms with van der Waals surface area (Å²) in [6.45, 7) is 3.18. The molecule has 0 bridgehead atoms. The van der Waals surface area contributed by atoms with E-state index in [4.69, 9.17) is 9.47 Å². The summed E-state index contributed by atoms with van der Waals surface area (Å²) < 4.78 is 11.1. The zero-order valence-corrected chi connectivity index (χ0v) is 13.8. The van der Waals surface area contributed by atoms with Gasteiger partial charge in [-0.2, -0.15) is 0 Å². The fourth-order valence-electron chi connectivity index (χ4n) is 3.20. The van der Waals surface area contributed by atoms with Gasteiger partial charge in [0, 0.05) is 37.5 Å². The molecule has 0 radical (unpaired) electrons. The second-order valence-electron chi connectivity index (χ2n) is 6.20. The smallest absolute Gasteiger partial charge is 0.251 e. The molecule has 0 saturated carbocycles. The van der Waals surface area contributed by atoms with Crippen LogP contribution in [0.5, 0.6) is 0 Å². The van der Waals surface area contributed by atoms with Crippen molar-refractivity contribution in [1.82, 2.24) is 10.2 Å². The Balaban J connectivity index is 1.36. The van der Waals surface area contributed by atoms with E-state index in [1.807, 2.05) is 23.1 Å². The zero-order chi connectivity index (χ0) is 16.8. The number of piperidine rings is 1. The number of carbonyl (C=O) groups excluding carboxylic acids is 2. The first kappa shape index (κ1) is 16.9. The van der Waals surface area contributed by atoms with Crippen molar-refractivity contribution in [2.24, 2.45) is 5.92 Å². The third-order valence-corrected chi connectivity index (χ3v) is 4.59. The number of carbonyl (C=O) groups is 2. The molecule has 1 N–H and O–H groups in total. The predicted octanol–water partition coefficient (Wildman–Crippen LogP) is 1.42. The lowest BCUT2D eigenvalue weighted by Gasteiger charge is -2.33. The minimum absolute atomic E-state index is 0.0904. The van der Waals surface area contributed by atoms with E-state index in [1.165, 1.54) is 0 Å². The van der Waals surface area contributed by atoms with Crippen LogP contribution in [0.3, 0.4) is 0 Å². The molecule has 130 valence electrons. The lowest BCUT2D eigenvalue weighted by molar-refractivity contribution is -0.136.